The van der Waals surface area contributed by atoms with Gasteiger partial charge < -0.3 is 20.1 Å². The highest BCUT2D eigenvalue weighted by Crippen LogP contribution is 2.31. The van der Waals surface area contributed by atoms with Gasteiger partial charge in [0.25, 0.3) is 0 Å². The Morgan fingerprint density at radius 2 is 2.17 bits per heavy atom. The number of aliphatic hydroxyl groups excluding tert-OH is 2. The van der Waals surface area contributed by atoms with Crippen LogP contribution in [0.1, 0.15) is 18.1 Å². The van der Waals surface area contributed by atoms with Crippen LogP contribution in [0.5, 0.6) is 11.5 Å². The summed E-state index contributed by atoms with van der Waals surface area (Å²) in [5.74, 6) is 0.289. The molecule has 1 aromatic rings. The molecule has 2 atom stereocenters. The molecule has 2 unspecified atom stereocenters. The molecule has 0 radical (unpaired) electrons. The van der Waals surface area contributed by atoms with E-state index in [2.05, 4.69) is 10.0 Å². The highest BCUT2D eigenvalue weighted by molar-refractivity contribution is 5.41. The van der Waals surface area contributed by atoms with E-state index >= 15 is 0 Å². The molecule has 0 bridgehead atoms. The van der Waals surface area contributed by atoms with Crippen LogP contribution in [0.15, 0.2) is 23.3 Å². The molecular formula is C11H15N3O4. The molecule has 0 heterocycles. The van der Waals surface area contributed by atoms with E-state index in [4.69, 9.17) is 10.3 Å². The van der Waals surface area contributed by atoms with Crippen molar-refractivity contribution < 1.29 is 20.1 Å². The fraction of sp³-hybridized carbons (Fsp3) is 0.455. The van der Waals surface area contributed by atoms with Crippen molar-refractivity contribution in [1.82, 2.24) is 0 Å². The molecule has 0 aromatic heterocycles. The number of nitrogens with zero attached hydrogens (tertiary/aromatic N) is 3. The average molecular weight is 253 g/mol. The highest BCUT2D eigenvalue weighted by Gasteiger charge is 2.21. The minimum atomic E-state index is -1.17. The Balaban J connectivity index is 2.82. The molecule has 0 spiro atoms. The monoisotopic (exact) mass is 253 g/mol. The molecule has 7 nitrogen and oxygen atoms in total. The molecule has 1 aromatic carbocycles. The standard InChI is InChI=1S/C11H15N3O4/c1-18-10-6-7(15)2-3-8(10)11(17)9(16)4-5-13-14-12/h2-3,6,9,11,15-17H,4-5H2,1H3. The van der Waals surface area contributed by atoms with E-state index in [1.54, 1.807) is 0 Å². The van der Waals surface area contributed by atoms with Crippen molar-refractivity contribution >= 4 is 0 Å². The Bertz CT molecular complexity index is 446. The van der Waals surface area contributed by atoms with Gasteiger partial charge in [0.15, 0.2) is 0 Å². The smallest absolute Gasteiger partial charge is 0.128 e. The Hall–Kier alpha value is -1.95. The van der Waals surface area contributed by atoms with Crippen LogP contribution >= 0.6 is 0 Å². The summed E-state index contributed by atoms with van der Waals surface area (Å²) in [6.07, 6.45) is -2.11. The summed E-state index contributed by atoms with van der Waals surface area (Å²) in [7, 11) is 1.40. The van der Waals surface area contributed by atoms with Gasteiger partial charge in [-0.15, -0.1) is 0 Å². The van der Waals surface area contributed by atoms with Gasteiger partial charge in [-0.2, -0.15) is 0 Å². The predicted molar refractivity (Wildman–Crippen MR) is 64.3 cm³/mol. The first-order chi connectivity index (χ1) is 8.60. The van der Waals surface area contributed by atoms with Gasteiger partial charge >= 0.3 is 0 Å². The van der Waals surface area contributed by atoms with Gasteiger partial charge in [-0.3, -0.25) is 0 Å². The quantitative estimate of drug-likeness (QED) is 0.404. The number of phenolic OH excluding ortho intramolecular Hbond substituents is 1. The number of azide groups is 1. The Kier molecular flexibility index (Phi) is 5.26. The zero-order valence-corrected chi connectivity index (χ0v) is 9.89. The predicted octanol–water partition coefficient (Wildman–Crippen LogP) is 1.50. The van der Waals surface area contributed by atoms with Gasteiger partial charge in [0.2, 0.25) is 0 Å². The molecule has 7 heteroatoms. The second-order valence-corrected chi connectivity index (χ2v) is 3.68. The largest absolute Gasteiger partial charge is 0.508 e. The number of benzene rings is 1. The van der Waals surface area contributed by atoms with Crippen LogP contribution in [0.2, 0.25) is 0 Å². The number of rotatable bonds is 6. The molecule has 18 heavy (non-hydrogen) atoms. The molecule has 1 rings (SSSR count). The summed E-state index contributed by atoms with van der Waals surface area (Å²) in [5, 5.41) is 32.2. The summed E-state index contributed by atoms with van der Waals surface area (Å²) in [5.41, 5.74) is 8.48. The Morgan fingerprint density at radius 1 is 1.44 bits per heavy atom. The summed E-state index contributed by atoms with van der Waals surface area (Å²) >= 11 is 0. The summed E-state index contributed by atoms with van der Waals surface area (Å²) in [6.45, 7) is 0.0924. The van der Waals surface area contributed by atoms with Gasteiger partial charge in [-0.1, -0.05) is 5.11 Å². The summed E-state index contributed by atoms with van der Waals surface area (Å²) in [4.78, 5) is 2.56. The van der Waals surface area contributed by atoms with E-state index in [1.807, 2.05) is 0 Å². The lowest BCUT2D eigenvalue weighted by Gasteiger charge is -2.19. The fourth-order valence-corrected chi connectivity index (χ4v) is 1.54. The first-order valence-corrected chi connectivity index (χ1v) is 5.34. The number of methoxy groups -OCH3 is 1. The van der Waals surface area contributed by atoms with Crippen LogP contribution < -0.4 is 4.74 Å². The molecule has 0 saturated carbocycles. The van der Waals surface area contributed by atoms with E-state index in [0.29, 0.717) is 5.56 Å². The number of aromatic hydroxyl groups is 1. The molecule has 0 saturated heterocycles. The molecule has 0 aliphatic rings. The van der Waals surface area contributed by atoms with Crippen molar-refractivity contribution in [1.29, 1.82) is 0 Å². The van der Waals surface area contributed by atoms with Crippen molar-refractivity contribution in [3.63, 3.8) is 0 Å². The highest BCUT2D eigenvalue weighted by atomic mass is 16.5. The number of phenols is 1. The molecule has 0 fully saturated rings. The van der Waals surface area contributed by atoms with Crippen molar-refractivity contribution in [2.45, 2.75) is 18.6 Å². The van der Waals surface area contributed by atoms with Gasteiger partial charge in [0.05, 0.1) is 13.2 Å². The van der Waals surface area contributed by atoms with E-state index in [0.717, 1.165) is 0 Å². The maximum atomic E-state index is 9.94. The van der Waals surface area contributed by atoms with Crippen LogP contribution in [0.25, 0.3) is 10.4 Å². The molecule has 0 aliphatic carbocycles. The average Bonchev–Trinajstić information content (AvgIpc) is 2.37. The van der Waals surface area contributed by atoms with Crippen LogP contribution in [0.3, 0.4) is 0 Å². The van der Waals surface area contributed by atoms with E-state index in [1.165, 1.54) is 25.3 Å². The first-order valence-electron chi connectivity index (χ1n) is 5.34. The number of ether oxygens (including phenoxy) is 1. The minimum Gasteiger partial charge on any atom is -0.508 e. The van der Waals surface area contributed by atoms with Gasteiger partial charge in [0.1, 0.15) is 17.6 Å². The van der Waals surface area contributed by atoms with E-state index in [-0.39, 0.29) is 24.5 Å². The third-order valence-corrected chi connectivity index (χ3v) is 2.49. The van der Waals surface area contributed by atoms with E-state index in [9.17, 15) is 15.3 Å². The molecule has 0 amide bonds. The number of aliphatic hydroxyl groups is 2. The molecule has 3 N–H and O–H groups in total. The van der Waals surface area contributed by atoms with Gasteiger partial charge in [-0.05, 0) is 24.1 Å². The maximum Gasteiger partial charge on any atom is 0.128 e. The molecule has 0 aliphatic heterocycles. The lowest BCUT2D eigenvalue weighted by atomic mass is 10.0. The second-order valence-electron chi connectivity index (χ2n) is 3.68. The van der Waals surface area contributed by atoms with E-state index < -0.39 is 12.2 Å². The van der Waals surface area contributed by atoms with Crippen molar-refractivity contribution in [3.05, 3.63) is 34.2 Å². The normalized spacial score (nSPS) is 13.5. The topological polar surface area (TPSA) is 119 Å². The van der Waals surface area contributed by atoms with Crippen molar-refractivity contribution in [2.24, 2.45) is 5.11 Å². The lowest BCUT2D eigenvalue weighted by Crippen LogP contribution is -2.19. The van der Waals surface area contributed by atoms with Gasteiger partial charge in [0, 0.05) is 23.1 Å². The number of hydrogen-bond donors (Lipinski definition) is 3. The van der Waals surface area contributed by atoms with Crippen LogP contribution in [-0.2, 0) is 0 Å². The van der Waals surface area contributed by atoms with Crippen molar-refractivity contribution in [3.8, 4) is 11.5 Å². The minimum absolute atomic E-state index is 0.00590. The van der Waals surface area contributed by atoms with Crippen LogP contribution in [0.4, 0.5) is 0 Å². The zero-order chi connectivity index (χ0) is 13.5. The third-order valence-electron chi connectivity index (χ3n) is 2.49. The van der Waals surface area contributed by atoms with Gasteiger partial charge in [-0.25, -0.2) is 0 Å². The summed E-state index contributed by atoms with van der Waals surface area (Å²) in [6, 6.07) is 4.20. The third kappa shape index (κ3) is 3.53. The first kappa shape index (κ1) is 14.1. The van der Waals surface area contributed by atoms with Crippen molar-refractivity contribution in [2.75, 3.05) is 13.7 Å². The summed E-state index contributed by atoms with van der Waals surface area (Å²) < 4.78 is 5.01. The van der Waals surface area contributed by atoms with Crippen LogP contribution in [-0.4, -0.2) is 35.1 Å². The molecule has 98 valence electrons. The Morgan fingerprint density at radius 3 is 2.78 bits per heavy atom. The van der Waals surface area contributed by atoms with Crippen LogP contribution in [0, 0.1) is 0 Å². The Labute approximate surface area is 104 Å². The lowest BCUT2D eigenvalue weighted by molar-refractivity contribution is 0.0137. The fourth-order valence-electron chi connectivity index (χ4n) is 1.54. The molecular weight excluding hydrogens is 238 g/mol. The number of hydrogen-bond acceptors (Lipinski definition) is 5. The zero-order valence-electron chi connectivity index (χ0n) is 9.89. The maximum absolute atomic E-state index is 9.94. The SMILES string of the molecule is COc1cc(O)ccc1C(O)C(O)CCN=[N+]=[N-]. The second kappa shape index (κ2) is 6.70.